The van der Waals surface area contributed by atoms with E-state index in [1.807, 2.05) is 23.6 Å². The van der Waals surface area contributed by atoms with Gasteiger partial charge in [-0.1, -0.05) is 17.8 Å². The van der Waals surface area contributed by atoms with E-state index in [0.29, 0.717) is 5.16 Å². The lowest BCUT2D eigenvalue weighted by Gasteiger charge is -2.20. The quantitative estimate of drug-likeness (QED) is 0.571. The van der Waals surface area contributed by atoms with E-state index in [9.17, 15) is 4.79 Å². The number of hydrogen-bond acceptors (Lipinski definition) is 6. The van der Waals surface area contributed by atoms with Crippen molar-refractivity contribution in [3.8, 4) is 0 Å². The third kappa shape index (κ3) is 4.74. The summed E-state index contributed by atoms with van der Waals surface area (Å²) >= 11 is 3.03. The Morgan fingerprint density at radius 2 is 2.18 bits per heavy atom. The lowest BCUT2D eigenvalue weighted by atomic mass is 10.1. The SMILES string of the molecule is Cc1cc(NC(=O)CSc2n[nH]c(Cc3cccs3)n2)ccc1N1CCCC1. The van der Waals surface area contributed by atoms with Crippen LogP contribution >= 0.6 is 23.1 Å². The van der Waals surface area contributed by atoms with Crippen LogP contribution in [0.5, 0.6) is 0 Å². The first kappa shape index (κ1) is 19.0. The topological polar surface area (TPSA) is 73.9 Å². The van der Waals surface area contributed by atoms with Crippen LogP contribution in [-0.4, -0.2) is 39.9 Å². The van der Waals surface area contributed by atoms with Crippen LogP contribution in [0.1, 0.15) is 29.1 Å². The van der Waals surface area contributed by atoms with Crippen molar-refractivity contribution in [1.29, 1.82) is 0 Å². The summed E-state index contributed by atoms with van der Waals surface area (Å²) in [6, 6.07) is 10.2. The van der Waals surface area contributed by atoms with Crippen LogP contribution in [0, 0.1) is 6.92 Å². The monoisotopic (exact) mass is 413 g/mol. The van der Waals surface area contributed by atoms with Crippen molar-refractivity contribution in [2.45, 2.75) is 31.3 Å². The van der Waals surface area contributed by atoms with Gasteiger partial charge in [-0.25, -0.2) is 4.98 Å². The number of thiophene rings is 1. The minimum Gasteiger partial charge on any atom is -0.371 e. The van der Waals surface area contributed by atoms with Gasteiger partial charge in [0.05, 0.1) is 5.75 Å². The maximum absolute atomic E-state index is 12.3. The zero-order valence-electron chi connectivity index (χ0n) is 15.8. The van der Waals surface area contributed by atoms with Gasteiger partial charge in [-0.2, -0.15) is 0 Å². The van der Waals surface area contributed by atoms with E-state index < -0.39 is 0 Å². The molecule has 3 heterocycles. The van der Waals surface area contributed by atoms with Gasteiger partial charge in [-0.15, -0.1) is 16.4 Å². The number of thioether (sulfide) groups is 1. The Morgan fingerprint density at radius 1 is 1.32 bits per heavy atom. The van der Waals surface area contributed by atoms with Crippen molar-refractivity contribution in [3.63, 3.8) is 0 Å². The molecule has 0 aliphatic carbocycles. The first-order valence-corrected chi connectivity index (χ1v) is 11.3. The molecule has 1 aliphatic rings. The highest BCUT2D eigenvalue weighted by molar-refractivity contribution is 7.99. The summed E-state index contributed by atoms with van der Waals surface area (Å²) in [5, 5.41) is 12.8. The Labute approximate surface area is 172 Å². The Bertz CT molecular complexity index is 932. The number of carbonyl (C=O) groups excluding carboxylic acids is 1. The fourth-order valence-electron chi connectivity index (χ4n) is 3.37. The highest BCUT2D eigenvalue weighted by atomic mass is 32.2. The molecule has 3 aromatic rings. The van der Waals surface area contributed by atoms with Crippen molar-refractivity contribution in [3.05, 3.63) is 52.0 Å². The highest BCUT2D eigenvalue weighted by Crippen LogP contribution is 2.27. The lowest BCUT2D eigenvalue weighted by Crippen LogP contribution is -2.19. The second kappa shape index (κ2) is 8.79. The van der Waals surface area contributed by atoms with Gasteiger partial charge < -0.3 is 10.2 Å². The zero-order chi connectivity index (χ0) is 19.3. The van der Waals surface area contributed by atoms with E-state index in [2.05, 4.69) is 44.5 Å². The molecule has 146 valence electrons. The molecule has 4 rings (SSSR count). The first-order valence-electron chi connectivity index (χ1n) is 9.39. The van der Waals surface area contributed by atoms with Crippen LogP contribution in [0.15, 0.2) is 40.9 Å². The first-order chi connectivity index (χ1) is 13.7. The molecule has 0 radical (unpaired) electrons. The molecule has 1 aliphatic heterocycles. The van der Waals surface area contributed by atoms with E-state index >= 15 is 0 Å². The summed E-state index contributed by atoms with van der Waals surface area (Å²) in [5.41, 5.74) is 3.29. The Morgan fingerprint density at radius 3 is 2.93 bits per heavy atom. The van der Waals surface area contributed by atoms with Crippen molar-refractivity contribution < 1.29 is 4.79 Å². The van der Waals surface area contributed by atoms with E-state index in [4.69, 9.17) is 0 Å². The number of hydrogen-bond donors (Lipinski definition) is 2. The summed E-state index contributed by atoms with van der Waals surface area (Å²) in [6.45, 7) is 4.34. The molecule has 0 atom stereocenters. The van der Waals surface area contributed by atoms with Gasteiger partial charge in [0.2, 0.25) is 11.1 Å². The lowest BCUT2D eigenvalue weighted by molar-refractivity contribution is -0.113. The van der Waals surface area contributed by atoms with Crippen LogP contribution in [0.2, 0.25) is 0 Å². The average molecular weight is 414 g/mol. The predicted molar refractivity (Wildman–Crippen MR) is 115 cm³/mol. The number of aromatic amines is 1. The smallest absolute Gasteiger partial charge is 0.234 e. The van der Waals surface area contributed by atoms with Crippen LogP contribution in [0.3, 0.4) is 0 Å². The zero-order valence-corrected chi connectivity index (χ0v) is 17.4. The van der Waals surface area contributed by atoms with Gasteiger partial charge in [0, 0.05) is 35.8 Å². The van der Waals surface area contributed by atoms with Crippen molar-refractivity contribution >= 4 is 40.4 Å². The van der Waals surface area contributed by atoms with E-state index in [-0.39, 0.29) is 11.7 Å². The van der Waals surface area contributed by atoms with Gasteiger partial charge in [0.1, 0.15) is 5.82 Å². The molecule has 2 aromatic heterocycles. The molecule has 1 aromatic carbocycles. The van der Waals surface area contributed by atoms with Crippen LogP contribution < -0.4 is 10.2 Å². The fourth-order valence-corrected chi connectivity index (χ4v) is 4.70. The standard InChI is InChI=1S/C20H23N5OS2/c1-14-11-15(6-7-17(14)25-8-2-3-9-25)21-19(26)13-28-20-22-18(23-24-20)12-16-5-4-10-27-16/h4-7,10-11H,2-3,8-9,12-13H2,1H3,(H,21,26)(H,22,23,24). The van der Waals surface area contributed by atoms with Crippen molar-refractivity contribution in [1.82, 2.24) is 15.2 Å². The van der Waals surface area contributed by atoms with Gasteiger partial charge in [0.15, 0.2) is 0 Å². The molecular formula is C20H23N5OS2. The summed E-state index contributed by atoms with van der Waals surface area (Å²) in [5.74, 6) is 1.05. The summed E-state index contributed by atoms with van der Waals surface area (Å²) in [7, 11) is 0. The number of H-pyrrole nitrogens is 1. The van der Waals surface area contributed by atoms with E-state index in [1.54, 1.807) is 11.3 Å². The number of nitrogens with one attached hydrogen (secondary N) is 2. The largest absolute Gasteiger partial charge is 0.371 e. The van der Waals surface area contributed by atoms with Crippen molar-refractivity contribution in [2.75, 3.05) is 29.1 Å². The molecule has 1 fully saturated rings. The summed E-state index contributed by atoms with van der Waals surface area (Å²) in [4.78, 5) is 20.4. The van der Waals surface area contributed by atoms with Gasteiger partial charge >= 0.3 is 0 Å². The molecule has 8 heteroatoms. The van der Waals surface area contributed by atoms with Gasteiger partial charge in [-0.05, 0) is 55.0 Å². The normalized spacial score (nSPS) is 13.8. The molecule has 28 heavy (non-hydrogen) atoms. The molecule has 0 bridgehead atoms. The minimum atomic E-state index is -0.0528. The van der Waals surface area contributed by atoms with E-state index in [0.717, 1.165) is 31.0 Å². The molecule has 0 saturated carbocycles. The Hall–Kier alpha value is -2.32. The van der Waals surface area contributed by atoms with Gasteiger partial charge in [-0.3, -0.25) is 9.89 Å². The number of benzene rings is 1. The molecule has 6 nitrogen and oxygen atoms in total. The number of aryl methyl sites for hydroxylation is 1. The van der Waals surface area contributed by atoms with Crippen molar-refractivity contribution in [2.24, 2.45) is 0 Å². The molecular weight excluding hydrogens is 390 g/mol. The number of aromatic nitrogens is 3. The molecule has 0 unspecified atom stereocenters. The molecule has 1 saturated heterocycles. The van der Waals surface area contributed by atoms with E-state index in [1.165, 1.54) is 40.7 Å². The summed E-state index contributed by atoms with van der Waals surface area (Å²) < 4.78 is 0. The Balaban J connectivity index is 1.28. The maximum atomic E-state index is 12.3. The third-order valence-corrected chi connectivity index (χ3v) is 6.42. The van der Waals surface area contributed by atoms with Crippen LogP contribution in [0.25, 0.3) is 0 Å². The number of rotatable bonds is 7. The van der Waals surface area contributed by atoms with Crippen LogP contribution in [0.4, 0.5) is 11.4 Å². The van der Waals surface area contributed by atoms with Crippen LogP contribution in [-0.2, 0) is 11.2 Å². The average Bonchev–Trinajstić information content (AvgIpc) is 3.44. The number of amides is 1. The molecule has 2 N–H and O–H groups in total. The number of nitrogens with zero attached hydrogens (tertiary/aromatic N) is 3. The molecule has 1 amide bonds. The highest BCUT2D eigenvalue weighted by Gasteiger charge is 2.15. The number of anilines is 2. The second-order valence-electron chi connectivity index (χ2n) is 6.85. The summed E-state index contributed by atoms with van der Waals surface area (Å²) in [6.07, 6.45) is 3.25. The number of carbonyl (C=O) groups is 1. The Kier molecular flexibility index (Phi) is 5.97. The second-order valence-corrected chi connectivity index (χ2v) is 8.83. The predicted octanol–water partition coefficient (Wildman–Crippen LogP) is 4.10. The van der Waals surface area contributed by atoms with Gasteiger partial charge in [0.25, 0.3) is 0 Å². The maximum Gasteiger partial charge on any atom is 0.234 e. The third-order valence-electron chi connectivity index (χ3n) is 4.69. The fraction of sp³-hybridized carbons (Fsp3) is 0.350. The minimum absolute atomic E-state index is 0.0528. The molecule has 0 spiro atoms.